The molecule has 0 aliphatic carbocycles. The molecule has 200 valence electrons. The fourth-order valence-electron chi connectivity index (χ4n) is 4.96. The Kier molecular flexibility index (Phi) is 8.59. The molecule has 1 unspecified atom stereocenters. The molecule has 2 amide bonds. The van der Waals surface area contributed by atoms with Gasteiger partial charge in [0.15, 0.2) is 0 Å². The van der Waals surface area contributed by atoms with Crippen LogP contribution >= 0.6 is 0 Å². The first-order valence-electron chi connectivity index (χ1n) is 13.1. The summed E-state index contributed by atoms with van der Waals surface area (Å²) >= 11 is 0. The molecule has 0 bridgehead atoms. The van der Waals surface area contributed by atoms with Gasteiger partial charge < -0.3 is 24.2 Å². The van der Waals surface area contributed by atoms with Crippen molar-refractivity contribution < 1.29 is 19.1 Å². The van der Waals surface area contributed by atoms with Gasteiger partial charge in [-0.1, -0.05) is 30.3 Å². The average molecular weight is 509 g/mol. The monoisotopic (exact) mass is 508 g/mol. The van der Waals surface area contributed by atoms with E-state index in [1.54, 1.807) is 7.11 Å². The maximum atomic E-state index is 13.4. The molecular weight excluding hydrogens is 468 g/mol. The summed E-state index contributed by atoms with van der Waals surface area (Å²) < 4.78 is 10.8. The van der Waals surface area contributed by atoms with Crippen molar-refractivity contribution in [2.75, 3.05) is 57.8 Å². The number of nitrogens with zero attached hydrogens (tertiary/aromatic N) is 4. The second-order valence-electron chi connectivity index (χ2n) is 10.8. The van der Waals surface area contributed by atoms with Gasteiger partial charge in [-0.15, -0.1) is 0 Å². The van der Waals surface area contributed by atoms with Crippen molar-refractivity contribution in [2.24, 2.45) is 0 Å². The van der Waals surface area contributed by atoms with E-state index in [-0.39, 0.29) is 12.0 Å². The average Bonchev–Trinajstić information content (AvgIpc) is 3.39. The van der Waals surface area contributed by atoms with E-state index in [0.717, 1.165) is 43.1 Å². The van der Waals surface area contributed by atoms with Crippen LogP contribution in [0.15, 0.2) is 54.6 Å². The molecule has 0 spiro atoms. The Labute approximate surface area is 220 Å². The van der Waals surface area contributed by atoms with Crippen LogP contribution in [0.5, 0.6) is 5.75 Å². The number of carbonyl (C=O) groups is 2. The van der Waals surface area contributed by atoms with Crippen molar-refractivity contribution in [1.82, 2.24) is 14.7 Å². The number of benzene rings is 2. The van der Waals surface area contributed by atoms with Gasteiger partial charge >= 0.3 is 6.09 Å². The number of piperazine rings is 1. The number of carbonyl (C=O) groups excluding carboxylic acids is 2. The fraction of sp³-hybridized carbons (Fsp3) is 0.517. The highest BCUT2D eigenvalue weighted by molar-refractivity contribution is 5.81. The standard InChI is InChI=1S/C29H40N4O4/c1-29(2,3)37-28(35)32-15-14-25(21-32)30-16-18-31(19-17-30)27(34)22-33(24-8-6-5-7-9-24)20-23-10-12-26(36-4)13-11-23/h5-13,25H,14-22H2,1-4H3. The minimum atomic E-state index is -0.484. The van der Waals surface area contributed by atoms with E-state index in [0.29, 0.717) is 38.8 Å². The summed E-state index contributed by atoms with van der Waals surface area (Å²) in [7, 11) is 1.66. The van der Waals surface area contributed by atoms with Gasteiger partial charge in [-0.25, -0.2) is 4.79 Å². The third-order valence-corrected chi connectivity index (χ3v) is 6.98. The molecule has 1 atom stereocenters. The van der Waals surface area contributed by atoms with Crippen molar-refractivity contribution in [1.29, 1.82) is 0 Å². The quantitative estimate of drug-likeness (QED) is 0.566. The van der Waals surface area contributed by atoms with Crippen LogP contribution in [0.2, 0.25) is 0 Å². The molecule has 0 aromatic heterocycles. The summed E-state index contributed by atoms with van der Waals surface area (Å²) in [5.74, 6) is 0.958. The van der Waals surface area contributed by atoms with E-state index in [2.05, 4.69) is 9.80 Å². The number of rotatable bonds is 7. The lowest BCUT2D eigenvalue weighted by atomic mass is 10.1. The van der Waals surface area contributed by atoms with Crippen LogP contribution < -0.4 is 9.64 Å². The zero-order chi connectivity index (χ0) is 26.4. The smallest absolute Gasteiger partial charge is 0.410 e. The van der Waals surface area contributed by atoms with Crippen LogP contribution in [-0.4, -0.2) is 91.3 Å². The van der Waals surface area contributed by atoms with Gasteiger partial charge in [-0.3, -0.25) is 9.69 Å². The van der Waals surface area contributed by atoms with Gasteiger partial charge in [0.2, 0.25) is 5.91 Å². The minimum absolute atomic E-state index is 0.138. The third-order valence-electron chi connectivity index (χ3n) is 6.98. The molecule has 37 heavy (non-hydrogen) atoms. The number of hydrogen-bond acceptors (Lipinski definition) is 6. The number of amides is 2. The first-order valence-corrected chi connectivity index (χ1v) is 13.1. The van der Waals surface area contributed by atoms with E-state index in [4.69, 9.17) is 9.47 Å². The first-order chi connectivity index (χ1) is 17.7. The number of para-hydroxylation sites is 1. The van der Waals surface area contributed by atoms with Gasteiger partial charge in [0.1, 0.15) is 11.4 Å². The van der Waals surface area contributed by atoms with Crippen LogP contribution in [0.1, 0.15) is 32.8 Å². The zero-order valence-corrected chi connectivity index (χ0v) is 22.6. The Bertz CT molecular complexity index is 1030. The summed E-state index contributed by atoms with van der Waals surface area (Å²) in [6.07, 6.45) is 0.707. The fourth-order valence-corrected chi connectivity index (χ4v) is 4.96. The lowest BCUT2D eigenvalue weighted by Crippen LogP contribution is -2.54. The lowest BCUT2D eigenvalue weighted by Gasteiger charge is -2.39. The minimum Gasteiger partial charge on any atom is -0.497 e. The SMILES string of the molecule is COc1ccc(CN(CC(=O)N2CCN(C3CCN(C(=O)OC(C)(C)C)C3)CC2)c2ccccc2)cc1. The summed E-state index contributed by atoms with van der Waals surface area (Å²) in [5.41, 5.74) is 1.67. The first kappa shape index (κ1) is 26.8. The van der Waals surface area contributed by atoms with E-state index >= 15 is 0 Å². The summed E-state index contributed by atoms with van der Waals surface area (Å²) in [6, 6.07) is 18.4. The van der Waals surface area contributed by atoms with Gasteiger partial charge in [0.05, 0.1) is 13.7 Å². The van der Waals surface area contributed by atoms with Crippen LogP contribution in [0.3, 0.4) is 0 Å². The molecule has 8 nitrogen and oxygen atoms in total. The normalized spacial score (nSPS) is 18.5. The Morgan fingerprint density at radius 3 is 2.22 bits per heavy atom. The van der Waals surface area contributed by atoms with Gasteiger partial charge in [0, 0.05) is 57.5 Å². The third kappa shape index (κ3) is 7.38. The molecule has 0 saturated carbocycles. The Morgan fingerprint density at radius 1 is 0.919 bits per heavy atom. The largest absolute Gasteiger partial charge is 0.497 e. The summed E-state index contributed by atoms with van der Waals surface area (Å²) in [5, 5.41) is 0. The molecule has 2 heterocycles. The molecule has 8 heteroatoms. The molecular formula is C29H40N4O4. The van der Waals surface area contributed by atoms with Crippen LogP contribution in [0.4, 0.5) is 10.5 Å². The Morgan fingerprint density at radius 2 is 1.59 bits per heavy atom. The molecule has 2 fully saturated rings. The second-order valence-corrected chi connectivity index (χ2v) is 10.8. The van der Waals surface area contributed by atoms with Crippen molar-refractivity contribution in [3.63, 3.8) is 0 Å². The Balaban J connectivity index is 1.31. The van der Waals surface area contributed by atoms with Crippen LogP contribution in [-0.2, 0) is 16.1 Å². The highest BCUT2D eigenvalue weighted by Crippen LogP contribution is 2.22. The topological polar surface area (TPSA) is 65.6 Å². The van der Waals surface area contributed by atoms with E-state index in [1.807, 2.05) is 85.2 Å². The Hall–Kier alpha value is -3.26. The molecule has 0 radical (unpaired) electrons. The van der Waals surface area contributed by atoms with E-state index in [1.165, 1.54) is 0 Å². The van der Waals surface area contributed by atoms with Crippen LogP contribution in [0.25, 0.3) is 0 Å². The number of anilines is 1. The highest BCUT2D eigenvalue weighted by atomic mass is 16.6. The number of methoxy groups -OCH3 is 1. The van der Waals surface area contributed by atoms with Gasteiger partial charge in [0.25, 0.3) is 0 Å². The van der Waals surface area contributed by atoms with E-state index < -0.39 is 5.60 Å². The molecule has 2 aliphatic rings. The predicted octanol–water partition coefficient (Wildman–Crippen LogP) is 3.86. The second kappa shape index (κ2) is 11.9. The number of ether oxygens (including phenoxy) is 2. The molecule has 4 rings (SSSR count). The van der Waals surface area contributed by atoms with E-state index in [9.17, 15) is 9.59 Å². The van der Waals surface area contributed by atoms with Crippen LogP contribution in [0, 0.1) is 0 Å². The maximum absolute atomic E-state index is 13.4. The molecule has 2 aromatic rings. The van der Waals surface area contributed by atoms with Crippen molar-refractivity contribution in [2.45, 2.75) is 45.4 Å². The molecule has 2 aliphatic heterocycles. The number of hydrogen-bond donors (Lipinski definition) is 0. The maximum Gasteiger partial charge on any atom is 0.410 e. The zero-order valence-electron chi connectivity index (χ0n) is 22.6. The van der Waals surface area contributed by atoms with Gasteiger partial charge in [-0.05, 0) is 57.0 Å². The predicted molar refractivity (Wildman–Crippen MR) is 145 cm³/mol. The van der Waals surface area contributed by atoms with Crippen molar-refractivity contribution in [3.05, 3.63) is 60.2 Å². The summed E-state index contributed by atoms with van der Waals surface area (Å²) in [6.45, 7) is 11.1. The molecule has 0 N–H and O–H groups in total. The van der Waals surface area contributed by atoms with Gasteiger partial charge in [-0.2, -0.15) is 0 Å². The van der Waals surface area contributed by atoms with Crippen molar-refractivity contribution in [3.8, 4) is 5.75 Å². The number of likely N-dealkylation sites (tertiary alicyclic amines) is 1. The highest BCUT2D eigenvalue weighted by Gasteiger charge is 2.34. The molecule has 2 aromatic carbocycles. The molecule has 2 saturated heterocycles. The lowest BCUT2D eigenvalue weighted by molar-refractivity contribution is -0.131. The summed E-state index contributed by atoms with van der Waals surface area (Å²) in [4.78, 5) is 34.1. The van der Waals surface area contributed by atoms with Crippen molar-refractivity contribution >= 4 is 17.7 Å².